The Hall–Kier alpha value is -1.62. The van der Waals surface area contributed by atoms with Crippen LogP contribution >= 0.6 is 11.6 Å². The number of halogens is 1. The zero-order valence-corrected chi connectivity index (χ0v) is 9.45. The average Bonchev–Trinajstić information content (AvgIpc) is 2.21. The van der Waals surface area contributed by atoms with E-state index >= 15 is 0 Å². The number of nitrogens with one attached hydrogen (secondary N) is 1. The quantitative estimate of drug-likeness (QED) is 0.501. The lowest BCUT2D eigenvalue weighted by atomic mass is 10.2. The predicted molar refractivity (Wildman–Crippen MR) is 61.8 cm³/mol. The van der Waals surface area contributed by atoms with E-state index in [9.17, 15) is 14.9 Å². The van der Waals surface area contributed by atoms with Crippen LogP contribution in [0.25, 0.3) is 0 Å². The Morgan fingerprint density at radius 3 is 2.81 bits per heavy atom. The summed E-state index contributed by atoms with van der Waals surface area (Å²) in [5, 5.41) is 13.1. The van der Waals surface area contributed by atoms with Crippen LogP contribution in [0.5, 0.6) is 0 Å². The molecule has 5 nitrogen and oxygen atoms in total. The molecule has 0 fully saturated rings. The second-order valence-corrected chi connectivity index (χ2v) is 3.62. The van der Waals surface area contributed by atoms with Gasteiger partial charge in [-0.25, -0.2) is 0 Å². The van der Waals surface area contributed by atoms with E-state index in [1.54, 1.807) is 13.0 Å². The maximum Gasteiger partial charge on any atom is 0.271 e. The lowest BCUT2D eigenvalue weighted by Gasteiger charge is -2.07. The van der Waals surface area contributed by atoms with Crippen LogP contribution in [0.1, 0.15) is 12.0 Å². The first-order valence-electron chi connectivity index (χ1n) is 4.65. The summed E-state index contributed by atoms with van der Waals surface area (Å²) < 4.78 is 0. The summed E-state index contributed by atoms with van der Waals surface area (Å²) in [5.74, 6) is -0.0293. The van der Waals surface area contributed by atoms with E-state index in [0.29, 0.717) is 5.69 Å². The topological polar surface area (TPSA) is 72.2 Å². The van der Waals surface area contributed by atoms with Crippen LogP contribution in [-0.4, -0.2) is 16.7 Å². The summed E-state index contributed by atoms with van der Waals surface area (Å²) >= 11 is 5.42. The van der Waals surface area contributed by atoms with Crippen molar-refractivity contribution in [3.63, 3.8) is 0 Å². The molecule has 0 aliphatic carbocycles. The molecule has 1 aromatic carbocycles. The van der Waals surface area contributed by atoms with E-state index < -0.39 is 4.92 Å². The van der Waals surface area contributed by atoms with Crippen LogP contribution in [-0.2, 0) is 4.79 Å². The Labute approximate surface area is 97.6 Å². The van der Waals surface area contributed by atoms with Crippen molar-refractivity contribution in [2.75, 3.05) is 11.2 Å². The second-order valence-electron chi connectivity index (χ2n) is 3.24. The number of aryl methyl sites for hydroxylation is 1. The standard InChI is InChI=1S/C10H11ClN2O3/c1-7-2-3-8(13(15)16)6-9(7)12-10(14)4-5-11/h2-3,6H,4-5H2,1H3,(H,12,14). The molecule has 0 aromatic heterocycles. The number of non-ortho nitro benzene ring substituents is 1. The van der Waals surface area contributed by atoms with Gasteiger partial charge < -0.3 is 5.32 Å². The molecular formula is C10H11ClN2O3. The monoisotopic (exact) mass is 242 g/mol. The summed E-state index contributed by atoms with van der Waals surface area (Å²) in [6, 6.07) is 4.32. The Morgan fingerprint density at radius 2 is 2.25 bits per heavy atom. The Bertz CT molecular complexity index is 421. The van der Waals surface area contributed by atoms with E-state index in [2.05, 4.69) is 5.32 Å². The van der Waals surface area contributed by atoms with Gasteiger partial charge in [0.25, 0.3) is 5.69 Å². The summed E-state index contributed by atoms with van der Waals surface area (Å²) in [6.45, 7) is 1.76. The zero-order valence-electron chi connectivity index (χ0n) is 8.70. The average molecular weight is 243 g/mol. The molecule has 1 aromatic rings. The molecular weight excluding hydrogens is 232 g/mol. The minimum Gasteiger partial charge on any atom is -0.326 e. The fourth-order valence-corrected chi connectivity index (χ4v) is 1.33. The van der Waals surface area contributed by atoms with E-state index in [-0.39, 0.29) is 23.9 Å². The third-order valence-electron chi connectivity index (χ3n) is 2.03. The summed E-state index contributed by atoms with van der Waals surface area (Å²) in [5.41, 5.74) is 1.17. The Balaban J connectivity index is 2.90. The largest absolute Gasteiger partial charge is 0.326 e. The minimum absolute atomic E-state index is 0.0493. The van der Waals surface area contributed by atoms with Crippen LogP contribution in [0, 0.1) is 17.0 Å². The van der Waals surface area contributed by atoms with Gasteiger partial charge in [0.2, 0.25) is 5.91 Å². The van der Waals surface area contributed by atoms with Crippen LogP contribution in [0.15, 0.2) is 18.2 Å². The number of nitro benzene ring substituents is 1. The molecule has 0 heterocycles. The van der Waals surface area contributed by atoms with E-state index in [0.717, 1.165) is 5.56 Å². The smallest absolute Gasteiger partial charge is 0.271 e. The van der Waals surface area contributed by atoms with Crippen molar-refractivity contribution >= 4 is 28.9 Å². The number of hydrogen-bond donors (Lipinski definition) is 1. The van der Waals surface area contributed by atoms with Crippen LogP contribution in [0.2, 0.25) is 0 Å². The van der Waals surface area contributed by atoms with Gasteiger partial charge in [0.15, 0.2) is 0 Å². The number of carbonyl (C=O) groups is 1. The van der Waals surface area contributed by atoms with Crippen LogP contribution < -0.4 is 5.32 Å². The Morgan fingerprint density at radius 1 is 1.56 bits per heavy atom. The molecule has 0 atom stereocenters. The zero-order chi connectivity index (χ0) is 12.1. The first-order valence-corrected chi connectivity index (χ1v) is 5.19. The minimum atomic E-state index is -0.503. The van der Waals surface area contributed by atoms with Crippen molar-refractivity contribution < 1.29 is 9.72 Å². The van der Waals surface area contributed by atoms with Gasteiger partial charge in [-0.15, -0.1) is 11.6 Å². The lowest BCUT2D eigenvalue weighted by Crippen LogP contribution is -2.12. The number of benzene rings is 1. The van der Waals surface area contributed by atoms with Crippen molar-refractivity contribution in [3.8, 4) is 0 Å². The molecule has 1 rings (SSSR count). The number of alkyl halides is 1. The van der Waals surface area contributed by atoms with Gasteiger partial charge in [-0.05, 0) is 12.5 Å². The predicted octanol–water partition coefficient (Wildman–Crippen LogP) is 2.47. The van der Waals surface area contributed by atoms with Crippen molar-refractivity contribution in [2.45, 2.75) is 13.3 Å². The third kappa shape index (κ3) is 3.20. The van der Waals surface area contributed by atoms with Crippen molar-refractivity contribution in [2.24, 2.45) is 0 Å². The van der Waals surface area contributed by atoms with Gasteiger partial charge >= 0.3 is 0 Å². The third-order valence-corrected chi connectivity index (χ3v) is 2.22. The van der Waals surface area contributed by atoms with Gasteiger partial charge in [0.1, 0.15) is 0 Å². The number of nitrogens with zero attached hydrogens (tertiary/aromatic N) is 1. The van der Waals surface area contributed by atoms with Crippen molar-refractivity contribution in [1.29, 1.82) is 0 Å². The second kappa shape index (κ2) is 5.46. The lowest BCUT2D eigenvalue weighted by molar-refractivity contribution is -0.384. The van der Waals surface area contributed by atoms with Gasteiger partial charge in [-0.2, -0.15) is 0 Å². The van der Waals surface area contributed by atoms with E-state index in [1.807, 2.05) is 0 Å². The highest BCUT2D eigenvalue weighted by atomic mass is 35.5. The molecule has 0 saturated heterocycles. The molecule has 0 aliphatic heterocycles. The first-order chi connectivity index (χ1) is 7.54. The van der Waals surface area contributed by atoms with E-state index in [1.165, 1.54) is 12.1 Å². The number of rotatable bonds is 4. The molecule has 86 valence electrons. The molecule has 1 N–H and O–H groups in total. The van der Waals surface area contributed by atoms with Gasteiger partial charge in [0.05, 0.1) is 10.6 Å². The SMILES string of the molecule is Cc1ccc([N+](=O)[O-])cc1NC(=O)CCCl. The van der Waals surface area contributed by atoms with Crippen LogP contribution in [0.4, 0.5) is 11.4 Å². The molecule has 0 radical (unpaired) electrons. The molecule has 16 heavy (non-hydrogen) atoms. The maximum atomic E-state index is 11.3. The van der Waals surface area contributed by atoms with Gasteiger partial charge in [-0.3, -0.25) is 14.9 Å². The highest BCUT2D eigenvalue weighted by molar-refractivity contribution is 6.19. The summed E-state index contributed by atoms with van der Waals surface area (Å²) in [7, 11) is 0. The Kier molecular flexibility index (Phi) is 4.25. The highest BCUT2D eigenvalue weighted by Crippen LogP contribution is 2.21. The fourth-order valence-electron chi connectivity index (χ4n) is 1.16. The molecule has 0 spiro atoms. The number of nitro groups is 1. The number of anilines is 1. The highest BCUT2D eigenvalue weighted by Gasteiger charge is 2.10. The molecule has 0 unspecified atom stereocenters. The van der Waals surface area contributed by atoms with E-state index in [4.69, 9.17) is 11.6 Å². The van der Waals surface area contributed by atoms with Crippen LogP contribution in [0.3, 0.4) is 0 Å². The molecule has 6 heteroatoms. The molecule has 0 bridgehead atoms. The normalized spacial score (nSPS) is 9.88. The van der Waals surface area contributed by atoms with Gasteiger partial charge in [0, 0.05) is 24.4 Å². The number of carbonyl (C=O) groups excluding carboxylic acids is 1. The molecule has 1 amide bonds. The summed E-state index contributed by atoms with van der Waals surface area (Å²) in [4.78, 5) is 21.3. The number of hydrogen-bond acceptors (Lipinski definition) is 3. The maximum absolute atomic E-state index is 11.3. The first kappa shape index (κ1) is 12.4. The van der Waals surface area contributed by atoms with Crippen molar-refractivity contribution in [3.05, 3.63) is 33.9 Å². The molecule has 0 aliphatic rings. The number of amides is 1. The fraction of sp³-hybridized carbons (Fsp3) is 0.300. The molecule has 0 saturated carbocycles. The van der Waals surface area contributed by atoms with Crippen molar-refractivity contribution in [1.82, 2.24) is 0 Å². The van der Waals surface area contributed by atoms with Gasteiger partial charge in [-0.1, -0.05) is 6.07 Å². The summed E-state index contributed by atoms with van der Waals surface area (Å²) in [6.07, 6.45) is 0.184.